The molecule has 0 spiro atoms. The van der Waals surface area contributed by atoms with Crippen LogP contribution in [0.15, 0.2) is 84.9 Å². The Morgan fingerprint density at radius 3 is 2.38 bits per heavy atom. The molecule has 1 heterocycles. The number of benzene rings is 3. The van der Waals surface area contributed by atoms with Gasteiger partial charge in [-0.3, -0.25) is 25.0 Å². The molecule has 9 nitrogen and oxygen atoms in total. The number of halogens is 1. The summed E-state index contributed by atoms with van der Waals surface area (Å²) in [6.07, 6.45) is 2.98. The van der Waals surface area contributed by atoms with Gasteiger partial charge in [-0.25, -0.2) is 4.39 Å². The number of hydrogen-bond donors (Lipinski definition) is 2. The van der Waals surface area contributed by atoms with E-state index in [-0.39, 0.29) is 23.1 Å². The summed E-state index contributed by atoms with van der Waals surface area (Å²) in [4.78, 5) is 36.0. The zero-order chi connectivity index (χ0) is 26.2. The highest BCUT2D eigenvalue weighted by atomic mass is 32.1. The van der Waals surface area contributed by atoms with E-state index in [1.165, 1.54) is 48.6 Å². The molecule has 2 amide bonds. The number of hydrogen-bond acceptors (Lipinski definition) is 7. The van der Waals surface area contributed by atoms with Crippen LogP contribution < -0.4 is 10.6 Å². The van der Waals surface area contributed by atoms with Crippen LogP contribution in [0.3, 0.4) is 0 Å². The summed E-state index contributed by atoms with van der Waals surface area (Å²) in [7, 11) is 0. The molecule has 0 aliphatic rings. The number of nitrogens with one attached hydrogen (secondary N) is 2. The number of nitro benzene ring substituents is 1. The van der Waals surface area contributed by atoms with E-state index in [9.17, 15) is 24.1 Å². The number of amides is 2. The maximum atomic E-state index is 13.2. The van der Waals surface area contributed by atoms with Gasteiger partial charge < -0.3 is 5.32 Å². The fraction of sp³-hybridized carbons (Fsp3) is 0.0769. The smallest absolute Gasteiger partial charge is 0.269 e. The van der Waals surface area contributed by atoms with Gasteiger partial charge in [0, 0.05) is 30.2 Å². The molecule has 1 atom stereocenters. The van der Waals surface area contributed by atoms with E-state index in [0.29, 0.717) is 16.1 Å². The summed E-state index contributed by atoms with van der Waals surface area (Å²) in [5.41, 5.74) is 2.03. The second kappa shape index (κ2) is 11.8. The molecule has 0 saturated carbocycles. The van der Waals surface area contributed by atoms with Crippen LogP contribution in [0.2, 0.25) is 0 Å². The maximum absolute atomic E-state index is 13.2. The molecule has 4 aromatic rings. The molecule has 0 aliphatic carbocycles. The number of nitro groups is 1. The SMILES string of the molecule is O=C(/C=C/c1ccc([N+](=O)[O-])cc1)N[C@H](Cc1ccccc1)C(=O)Nc1nnc(-c2ccc(F)cc2)s1. The van der Waals surface area contributed by atoms with Gasteiger partial charge in [0.1, 0.15) is 16.9 Å². The standard InChI is InChI=1S/C26H20FN5O4S/c27-20-11-9-19(10-12-20)25-30-31-26(37-25)29-24(34)22(16-18-4-2-1-3-5-18)28-23(33)15-8-17-6-13-21(14-7-17)32(35)36/h1-15,22H,16H2,(H,28,33)(H,29,31,34)/b15-8+/t22-/m1/s1. The minimum atomic E-state index is -0.922. The van der Waals surface area contributed by atoms with Crippen molar-refractivity contribution < 1.29 is 18.9 Å². The molecule has 3 aromatic carbocycles. The van der Waals surface area contributed by atoms with Crippen molar-refractivity contribution in [1.29, 1.82) is 0 Å². The lowest BCUT2D eigenvalue weighted by Gasteiger charge is -2.17. The van der Waals surface area contributed by atoms with E-state index >= 15 is 0 Å². The van der Waals surface area contributed by atoms with Crippen LogP contribution in [-0.2, 0) is 16.0 Å². The Hall–Kier alpha value is -4.77. The van der Waals surface area contributed by atoms with Gasteiger partial charge in [0.15, 0.2) is 0 Å². The number of carbonyl (C=O) groups excluding carboxylic acids is 2. The van der Waals surface area contributed by atoms with Crippen molar-refractivity contribution in [2.45, 2.75) is 12.5 Å². The Bertz CT molecular complexity index is 1420. The van der Waals surface area contributed by atoms with E-state index in [1.807, 2.05) is 30.3 Å². The van der Waals surface area contributed by atoms with E-state index in [4.69, 9.17) is 0 Å². The minimum absolute atomic E-state index is 0.0551. The van der Waals surface area contributed by atoms with Crippen LogP contribution in [0.25, 0.3) is 16.6 Å². The lowest BCUT2D eigenvalue weighted by atomic mass is 10.1. The highest BCUT2D eigenvalue weighted by Crippen LogP contribution is 2.26. The molecule has 0 aliphatic heterocycles. The number of nitrogens with zero attached hydrogens (tertiary/aromatic N) is 3. The zero-order valence-corrected chi connectivity index (χ0v) is 20.0. The Balaban J connectivity index is 1.45. The van der Waals surface area contributed by atoms with Crippen LogP contribution in [0.1, 0.15) is 11.1 Å². The van der Waals surface area contributed by atoms with Gasteiger partial charge in [-0.2, -0.15) is 0 Å². The number of carbonyl (C=O) groups is 2. The fourth-order valence-corrected chi connectivity index (χ4v) is 4.09. The van der Waals surface area contributed by atoms with E-state index in [2.05, 4.69) is 20.8 Å². The molecule has 0 bridgehead atoms. The van der Waals surface area contributed by atoms with Gasteiger partial charge in [0.2, 0.25) is 16.9 Å². The molecule has 0 saturated heterocycles. The van der Waals surface area contributed by atoms with Gasteiger partial charge in [-0.05, 0) is 53.6 Å². The summed E-state index contributed by atoms with van der Waals surface area (Å²) in [6, 6.07) is 19.8. The molecular formula is C26H20FN5O4S. The first-order valence-corrected chi connectivity index (χ1v) is 11.9. The lowest BCUT2D eigenvalue weighted by Crippen LogP contribution is -2.44. The molecule has 2 N–H and O–H groups in total. The topological polar surface area (TPSA) is 127 Å². The van der Waals surface area contributed by atoms with Crippen LogP contribution in [-0.4, -0.2) is 33.0 Å². The quantitative estimate of drug-likeness (QED) is 0.189. The Morgan fingerprint density at radius 2 is 1.70 bits per heavy atom. The molecule has 1 aromatic heterocycles. The average Bonchev–Trinajstić information content (AvgIpc) is 3.36. The second-order valence-corrected chi connectivity index (χ2v) is 8.82. The lowest BCUT2D eigenvalue weighted by molar-refractivity contribution is -0.384. The van der Waals surface area contributed by atoms with Gasteiger partial charge >= 0.3 is 0 Å². The second-order valence-electron chi connectivity index (χ2n) is 7.84. The van der Waals surface area contributed by atoms with Gasteiger partial charge in [-0.15, -0.1) is 10.2 Å². The van der Waals surface area contributed by atoms with Gasteiger partial charge in [-0.1, -0.05) is 41.7 Å². The fourth-order valence-electron chi connectivity index (χ4n) is 3.33. The van der Waals surface area contributed by atoms with Crippen molar-refractivity contribution in [3.63, 3.8) is 0 Å². The minimum Gasteiger partial charge on any atom is -0.340 e. The van der Waals surface area contributed by atoms with Crippen LogP contribution in [0.4, 0.5) is 15.2 Å². The molecule has 11 heteroatoms. The molecule has 37 heavy (non-hydrogen) atoms. The Kier molecular flexibility index (Phi) is 8.06. The van der Waals surface area contributed by atoms with Crippen molar-refractivity contribution in [2.24, 2.45) is 0 Å². The van der Waals surface area contributed by atoms with Gasteiger partial charge in [0.25, 0.3) is 5.69 Å². The first-order chi connectivity index (χ1) is 17.9. The molecule has 4 rings (SSSR count). The van der Waals surface area contributed by atoms with Crippen molar-refractivity contribution in [3.05, 3.63) is 112 Å². The molecular weight excluding hydrogens is 497 g/mol. The Labute approximate surface area is 214 Å². The zero-order valence-electron chi connectivity index (χ0n) is 19.2. The van der Waals surface area contributed by atoms with Crippen molar-refractivity contribution in [2.75, 3.05) is 5.32 Å². The predicted molar refractivity (Wildman–Crippen MR) is 138 cm³/mol. The first kappa shape index (κ1) is 25.3. The third kappa shape index (κ3) is 7.12. The summed E-state index contributed by atoms with van der Waals surface area (Å²) in [5, 5.41) is 25.0. The number of rotatable bonds is 9. The van der Waals surface area contributed by atoms with Gasteiger partial charge in [0.05, 0.1) is 4.92 Å². The average molecular weight is 518 g/mol. The third-order valence-corrected chi connectivity index (χ3v) is 6.08. The first-order valence-electron chi connectivity index (χ1n) is 11.0. The monoisotopic (exact) mass is 517 g/mol. The number of anilines is 1. The van der Waals surface area contributed by atoms with E-state index in [0.717, 1.165) is 16.9 Å². The van der Waals surface area contributed by atoms with Crippen LogP contribution in [0, 0.1) is 15.9 Å². The highest BCUT2D eigenvalue weighted by molar-refractivity contribution is 7.18. The summed E-state index contributed by atoms with van der Waals surface area (Å²) in [5.74, 6) is -1.37. The van der Waals surface area contributed by atoms with E-state index < -0.39 is 22.8 Å². The Morgan fingerprint density at radius 1 is 1.00 bits per heavy atom. The summed E-state index contributed by atoms with van der Waals surface area (Å²) >= 11 is 1.12. The third-order valence-electron chi connectivity index (χ3n) is 5.19. The number of aromatic nitrogens is 2. The molecule has 186 valence electrons. The summed E-state index contributed by atoms with van der Waals surface area (Å²) < 4.78 is 13.2. The molecule has 0 unspecified atom stereocenters. The predicted octanol–water partition coefficient (Wildman–Crippen LogP) is 4.63. The van der Waals surface area contributed by atoms with Crippen LogP contribution >= 0.6 is 11.3 Å². The van der Waals surface area contributed by atoms with Crippen molar-refractivity contribution in [1.82, 2.24) is 15.5 Å². The number of non-ortho nitro benzene ring substituents is 1. The van der Waals surface area contributed by atoms with Crippen molar-refractivity contribution in [3.8, 4) is 10.6 Å². The van der Waals surface area contributed by atoms with E-state index in [1.54, 1.807) is 12.1 Å². The highest BCUT2D eigenvalue weighted by Gasteiger charge is 2.22. The van der Waals surface area contributed by atoms with Crippen molar-refractivity contribution >= 4 is 40.0 Å². The molecule has 0 fully saturated rings. The molecule has 0 radical (unpaired) electrons. The summed E-state index contributed by atoms with van der Waals surface area (Å²) in [6.45, 7) is 0. The maximum Gasteiger partial charge on any atom is 0.269 e. The van der Waals surface area contributed by atoms with Crippen LogP contribution in [0.5, 0.6) is 0 Å². The largest absolute Gasteiger partial charge is 0.340 e. The normalized spacial score (nSPS) is 11.7.